The Hall–Kier alpha value is -1.69. The standard InChI is InChI=1S/C13H20N4OS/c1-3-17(4-2)12(18)6-8-16-11-9-10(13(14)19)5-7-15-11/h5,7,9H,3-4,6,8H2,1-2H3,(H2,14,19)(H,15,16). The van der Waals surface area contributed by atoms with Gasteiger partial charge >= 0.3 is 0 Å². The van der Waals surface area contributed by atoms with Gasteiger partial charge in [0.05, 0.1) is 0 Å². The van der Waals surface area contributed by atoms with Crippen LogP contribution in [0.1, 0.15) is 25.8 Å². The molecule has 0 aliphatic carbocycles. The average molecular weight is 280 g/mol. The Balaban J connectivity index is 2.47. The number of thiocarbonyl (C=S) groups is 1. The van der Waals surface area contributed by atoms with E-state index in [1.54, 1.807) is 23.2 Å². The summed E-state index contributed by atoms with van der Waals surface area (Å²) in [4.78, 5) is 18.1. The van der Waals surface area contributed by atoms with Crippen LogP contribution in [0.5, 0.6) is 0 Å². The molecule has 0 atom stereocenters. The third-order valence-corrected chi connectivity index (χ3v) is 3.04. The zero-order valence-electron chi connectivity index (χ0n) is 11.3. The number of aromatic nitrogens is 1. The summed E-state index contributed by atoms with van der Waals surface area (Å²) in [5.74, 6) is 0.820. The first kappa shape index (κ1) is 15.4. The maximum Gasteiger partial charge on any atom is 0.224 e. The van der Waals surface area contributed by atoms with Crippen LogP contribution in [0, 0.1) is 0 Å². The van der Waals surface area contributed by atoms with E-state index in [0.717, 1.165) is 18.7 Å². The van der Waals surface area contributed by atoms with Gasteiger partial charge in [0, 0.05) is 37.8 Å². The zero-order chi connectivity index (χ0) is 14.3. The SMILES string of the molecule is CCN(CC)C(=O)CCNc1cc(C(N)=S)ccn1. The quantitative estimate of drug-likeness (QED) is 0.739. The normalized spacial score (nSPS) is 10.0. The Morgan fingerprint density at radius 3 is 2.74 bits per heavy atom. The molecule has 1 aromatic heterocycles. The number of nitrogens with two attached hydrogens (primary N) is 1. The molecule has 0 saturated carbocycles. The molecule has 0 saturated heterocycles. The van der Waals surface area contributed by atoms with Crippen molar-refractivity contribution in [1.82, 2.24) is 9.88 Å². The first-order valence-corrected chi connectivity index (χ1v) is 6.76. The largest absolute Gasteiger partial charge is 0.389 e. The molecule has 0 aromatic carbocycles. The number of amides is 1. The van der Waals surface area contributed by atoms with E-state index in [-0.39, 0.29) is 5.91 Å². The molecule has 19 heavy (non-hydrogen) atoms. The molecule has 6 heteroatoms. The lowest BCUT2D eigenvalue weighted by molar-refractivity contribution is -0.130. The van der Waals surface area contributed by atoms with Crippen LogP contribution in [0.2, 0.25) is 0 Å². The van der Waals surface area contributed by atoms with Gasteiger partial charge in [-0.05, 0) is 26.0 Å². The Bertz CT molecular complexity index is 446. The van der Waals surface area contributed by atoms with Gasteiger partial charge in [0.2, 0.25) is 5.91 Å². The van der Waals surface area contributed by atoms with Gasteiger partial charge in [-0.1, -0.05) is 12.2 Å². The fourth-order valence-electron chi connectivity index (χ4n) is 1.71. The van der Waals surface area contributed by atoms with E-state index in [0.29, 0.717) is 23.8 Å². The van der Waals surface area contributed by atoms with Crippen molar-refractivity contribution < 1.29 is 4.79 Å². The van der Waals surface area contributed by atoms with Crippen molar-refractivity contribution in [2.75, 3.05) is 25.0 Å². The topological polar surface area (TPSA) is 71.2 Å². The van der Waals surface area contributed by atoms with Gasteiger partial charge in [0.15, 0.2) is 0 Å². The maximum absolute atomic E-state index is 11.8. The number of nitrogens with one attached hydrogen (secondary N) is 1. The van der Waals surface area contributed by atoms with E-state index >= 15 is 0 Å². The highest BCUT2D eigenvalue weighted by atomic mass is 32.1. The highest BCUT2D eigenvalue weighted by Crippen LogP contribution is 2.07. The third-order valence-electron chi connectivity index (χ3n) is 2.81. The van der Waals surface area contributed by atoms with Gasteiger partial charge in [0.1, 0.15) is 10.8 Å². The number of carbonyl (C=O) groups is 1. The number of hydrogen-bond donors (Lipinski definition) is 2. The highest BCUT2D eigenvalue weighted by molar-refractivity contribution is 7.80. The Morgan fingerprint density at radius 2 is 2.16 bits per heavy atom. The molecular formula is C13H20N4OS. The molecule has 104 valence electrons. The molecule has 3 N–H and O–H groups in total. The van der Waals surface area contributed by atoms with Gasteiger partial charge in [-0.3, -0.25) is 4.79 Å². The molecular weight excluding hydrogens is 260 g/mol. The van der Waals surface area contributed by atoms with Gasteiger partial charge in [0.25, 0.3) is 0 Å². The molecule has 0 aliphatic rings. The minimum Gasteiger partial charge on any atom is -0.389 e. The molecule has 1 aromatic rings. The first-order valence-electron chi connectivity index (χ1n) is 6.36. The molecule has 1 rings (SSSR count). The molecule has 0 aliphatic heterocycles. The summed E-state index contributed by atoms with van der Waals surface area (Å²) in [6.07, 6.45) is 2.09. The molecule has 1 amide bonds. The number of rotatable bonds is 7. The average Bonchev–Trinajstić information content (AvgIpc) is 2.40. The molecule has 0 unspecified atom stereocenters. The van der Waals surface area contributed by atoms with Crippen molar-refractivity contribution >= 4 is 28.9 Å². The number of hydrogen-bond acceptors (Lipinski definition) is 4. The summed E-state index contributed by atoms with van der Waals surface area (Å²) in [6.45, 7) is 5.97. The van der Waals surface area contributed by atoms with Crippen molar-refractivity contribution in [2.24, 2.45) is 5.73 Å². The van der Waals surface area contributed by atoms with Gasteiger partial charge in [-0.25, -0.2) is 4.98 Å². The summed E-state index contributed by atoms with van der Waals surface area (Å²) < 4.78 is 0. The van der Waals surface area contributed by atoms with Crippen molar-refractivity contribution in [1.29, 1.82) is 0 Å². The smallest absolute Gasteiger partial charge is 0.224 e. The lowest BCUT2D eigenvalue weighted by atomic mass is 10.2. The van der Waals surface area contributed by atoms with Crippen LogP contribution >= 0.6 is 12.2 Å². The van der Waals surface area contributed by atoms with E-state index in [9.17, 15) is 4.79 Å². The number of nitrogens with zero attached hydrogens (tertiary/aromatic N) is 2. The van der Waals surface area contributed by atoms with Crippen LogP contribution in [-0.2, 0) is 4.79 Å². The summed E-state index contributed by atoms with van der Waals surface area (Å²) >= 11 is 4.90. The van der Waals surface area contributed by atoms with E-state index < -0.39 is 0 Å². The van der Waals surface area contributed by atoms with Crippen LogP contribution in [0.3, 0.4) is 0 Å². The van der Waals surface area contributed by atoms with Crippen LogP contribution in [0.25, 0.3) is 0 Å². The summed E-state index contributed by atoms with van der Waals surface area (Å²) in [5, 5.41) is 3.10. The van der Waals surface area contributed by atoms with Crippen LogP contribution in [-0.4, -0.2) is 40.4 Å². The van der Waals surface area contributed by atoms with Crippen molar-refractivity contribution in [3.8, 4) is 0 Å². The fourth-order valence-corrected chi connectivity index (χ4v) is 1.84. The fraction of sp³-hybridized carbons (Fsp3) is 0.462. The second-order valence-corrected chi connectivity index (χ2v) is 4.48. The number of pyridine rings is 1. The van der Waals surface area contributed by atoms with E-state index in [1.807, 2.05) is 13.8 Å². The summed E-state index contributed by atoms with van der Waals surface area (Å²) in [5.41, 5.74) is 6.32. The second kappa shape index (κ2) is 7.68. The van der Waals surface area contributed by atoms with E-state index in [1.165, 1.54) is 0 Å². The van der Waals surface area contributed by atoms with Crippen molar-refractivity contribution in [3.05, 3.63) is 23.9 Å². The Morgan fingerprint density at radius 1 is 1.47 bits per heavy atom. The predicted molar refractivity (Wildman–Crippen MR) is 81.2 cm³/mol. The van der Waals surface area contributed by atoms with Gasteiger partial charge < -0.3 is 16.0 Å². The molecule has 0 bridgehead atoms. The zero-order valence-corrected chi connectivity index (χ0v) is 12.2. The van der Waals surface area contributed by atoms with E-state index in [2.05, 4.69) is 10.3 Å². The Labute approximate surface area is 119 Å². The minimum absolute atomic E-state index is 0.142. The molecule has 1 heterocycles. The Kier molecular flexibility index (Phi) is 6.21. The first-order chi connectivity index (χ1) is 9.08. The van der Waals surface area contributed by atoms with Crippen molar-refractivity contribution in [2.45, 2.75) is 20.3 Å². The monoisotopic (exact) mass is 280 g/mol. The molecule has 5 nitrogen and oxygen atoms in total. The second-order valence-electron chi connectivity index (χ2n) is 4.04. The molecule has 0 radical (unpaired) electrons. The molecule has 0 fully saturated rings. The van der Waals surface area contributed by atoms with Gasteiger partial charge in [-0.15, -0.1) is 0 Å². The number of carbonyl (C=O) groups excluding carboxylic acids is 1. The lowest BCUT2D eigenvalue weighted by Gasteiger charge is -2.18. The molecule has 0 spiro atoms. The predicted octanol–water partition coefficient (Wildman–Crippen LogP) is 1.39. The van der Waals surface area contributed by atoms with Crippen molar-refractivity contribution in [3.63, 3.8) is 0 Å². The minimum atomic E-state index is 0.142. The lowest BCUT2D eigenvalue weighted by Crippen LogP contribution is -2.31. The van der Waals surface area contributed by atoms with Gasteiger partial charge in [-0.2, -0.15) is 0 Å². The van der Waals surface area contributed by atoms with E-state index in [4.69, 9.17) is 18.0 Å². The van der Waals surface area contributed by atoms with Crippen LogP contribution < -0.4 is 11.1 Å². The number of anilines is 1. The van der Waals surface area contributed by atoms with Crippen LogP contribution in [0.15, 0.2) is 18.3 Å². The maximum atomic E-state index is 11.8. The summed E-state index contributed by atoms with van der Waals surface area (Å²) in [7, 11) is 0. The third kappa shape index (κ3) is 4.82. The highest BCUT2D eigenvalue weighted by Gasteiger charge is 2.08. The summed E-state index contributed by atoms with van der Waals surface area (Å²) in [6, 6.07) is 3.54. The van der Waals surface area contributed by atoms with Crippen LogP contribution in [0.4, 0.5) is 5.82 Å².